The molecular formula is C7H16N2O2S. The summed E-state index contributed by atoms with van der Waals surface area (Å²) in [5.74, 6) is 0.274. The number of hydrogen-bond acceptors (Lipinski definition) is 3. The Morgan fingerprint density at radius 3 is 2.42 bits per heavy atom. The minimum atomic E-state index is -3.00. The van der Waals surface area contributed by atoms with Crippen LogP contribution in [0.25, 0.3) is 0 Å². The SMILES string of the molecule is CC(C)(CN)N1CCCS1(=O)=O. The first-order valence-corrected chi connectivity index (χ1v) is 5.72. The molecule has 1 aliphatic heterocycles. The average molecular weight is 192 g/mol. The van der Waals surface area contributed by atoms with Crippen LogP contribution in [0.3, 0.4) is 0 Å². The third-order valence-electron chi connectivity index (χ3n) is 2.27. The molecular weight excluding hydrogens is 176 g/mol. The van der Waals surface area contributed by atoms with E-state index in [1.165, 1.54) is 4.31 Å². The molecule has 1 saturated heterocycles. The molecule has 0 aromatic carbocycles. The minimum absolute atomic E-state index is 0.274. The van der Waals surface area contributed by atoms with Crippen LogP contribution < -0.4 is 5.73 Å². The van der Waals surface area contributed by atoms with E-state index in [-0.39, 0.29) is 5.75 Å². The Morgan fingerprint density at radius 2 is 2.08 bits per heavy atom. The molecule has 0 radical (unpaired) electrons. The first kappa shape index (κ1) is 9.95. The van der Waals surface area contributed by atoms with Crippen molar-refractivity contribution in [3.8, 4) is 0 Å². The molecule has 0 aromatic heterocycles. The summed E-state index contributed by atoms with van der Waals surface area (Å²) in [6.45, 7) is 4.70. The van der Waals surface area contributed by atoms with Crippen molar-refractivity contribution in [1.29, 1.82) is 0 Å². The average Bonchev–Trinajstić information content (AvgIpc) is 2.30. The van der Waals surface area contributed by atoms with E-state index in [0.29, 0.717) is 13.1 Å². The van der Waals surface area contributed by atoms with Gasteiger partial charge in [0, 0.05) is 18.6 Å². The van der Waals surface area contributed by atoms with Gasteiger partial charge in [0.25, 0.3) is 0 Å². The zero-order valence-corrected chi connectivity index (χ0v) is 8.39. The number of rotatable bonds is 2. The molecule has 0 saturated carbocycles. The van der Waals surface area contributed by atoms with Crippen LogP contribution in [0.1, 0.15) is 20.3 Å². The summed E-state index contributed by atoms with van der Waals surface area (Å²) in [6, 6.07) is 0. The van der Waals surface area contributed by atoms with Gasteiger partial charge >= 0.3 is 0 Å². The highest BCUT2D eigenvalue weighted by atomic mass is 32.2. The highest BCUT2D eigenvalue weighted by molar-refractivity contribution is 7.89. The maximum absolute atomic E-state index is 11.4. The molecule has 4 nitrogen and oxygen atoms in total. The summed E-state index contributed by atoms with van der Waals surface area (Å²) in [5.41, 5.74) is 5.08. The van der Waals surface area contributed by atoms with Gasteiger partial charge in [0.2, 0.25) is 10.0 Å². The molecule has 12 heavy (non-hydrogen) atoms. The Labute approximate surface area is 73.8 Å². The van der Waals surface area contributed by atoms with Crippen molar-refractivity contribution in [1.82, 2.24) is 4.31 Å². The third-order valence-corrected chi connectivity index (χ3v) is 4.43. The second kappa shape index (κ2) is 2.97. The molecule has 0 bridgehead atoms. The van der Waals surface area contributed by atoms with Gasteiger partial charge in [-0.15, -0.1) is 0 Å². The number of nitrogens with zero attached hydrogens (tertiary/aromatic N) is 1. The standard InChI is InChI=1S/C7H16N2O2S/c1-7(2,6-8)9-4-3-5-12(9,10)11/h3-6,8H2,1-2H3. The number of nitrogens with two attached hydrogens (primary N) is 1. The molecule has 0 atom stereocenters. The zero-order chi connectivity index (χ0) is 9.41. The molecule has 5 heteroatoms. The first-order chi connectivity index (χ1) is 5.40. The molecule has 1 heterocycles. The fraction of sp³-hybridized carbons (Fsp3) is 1.00. The van der Waals surface area contributed by atoms with E-state index in [1.54, 1.807) is 0 Å². The summed E-state index contributed by atoms with van der Waals surface area (Å²) in [7, 11) is -3.00. The van der Waals surface area contributed by atoms with Gasteiger partial charge in [-0.25, -0.2) is 8.42 Å². The van der Waals surface area contributed by atoms with E-state index in [0.717, 1.165) is 6.42 Å². The molecule has 0 unspecified atom stereocenters. The Morgan fingerprint density at radius 1 is 1.50 bits per heavy atom. The fourth-order valence-corrected chi connectivity index (χ4v) is 3.37. The molecule has 0 aromatic rings. The van der Waals surface area contributed by atoms with Crippen LogP contribution in [0.4, 0.5) is 0 Å². The van der Waals surface area contributed by atoms with E-state index in [2.05, 4.69) is 0 Å². The van der Waals surface area contributed by atoms with E-state index in [4.69, 9.17) is 5.73 Å². The summed E-state index contributed by atoms with van der Waals surface area (Å²) >= 11 is 0. The van der Waals surface area contributed by atoms with Crippen molar-refractivity contribution in [2.45, 2.75) is 25.8 Å². The van der Waals surface area contributed by atoms with Crippen molar-refractivity contribution >= 4 is 10.0 Å². The van der Waals surface area contributed by atoms with Gasteiger partial charge in [0.15, 0.2) is 0 Å². The van der Waals surface area contributed by atoms with Crippen LogP contribution >= 0.6 is 0 Å². The van der Waals surface area contributed by atoms with E-state index < -0.39 is 15.6 Å². The van der Waals surface area contributed by atoms with Crippen molar-refractivity contribution < 1.29 is 8.42 Å². The quantitative estimate of drug-likeness (QED) is 0.656. The van der Waals surface area contributed by atoms with Crippen molar-refractivity contribution in [3.05, 3.63) is 0 Å². The lowest BCUT2D eigenvalue weighted by molar-refractivity contribution is 0.251. The highest BCUT2D eigenvalue weighted by Gasteiger charge is 2.38. The van der Waals surface area contributed by atoms with Gasteiger partial charge in [-0.05, 0) is 20.3 Å². The summed E-state index contributed by atoms with van der Waals surface area (Å²) < 4.78 is 24.4. The van der Waals surface area contributed by atoms with Crippen LogP contribution in [0.5, 0.6) is 0 Å². The Bertz CT molecular complexity index is 259. The van der Waals surface area contributed by atoms with Crippen molar-refractivity contribution in [3.63, 3.8) is 0 Å². The summed E-state index contributed by atoms with van der Waals surface area (Å²) in [4.78, 5) is 0. The van der Waals surface area contributed by atoms with E-state index in [1.807, 2.05) is 13.8 Å². The predicted octanol–water partition coefficient (Wildman–Crippen LogP) is -0.241. The second-order valence-electron chi connectivity index (χ2n) is 3.76. The van der Waals surface area contributed by atoms with Crippen LogP contribution in [0, 0.1) is 0 Å². The molecule has 1 aliphatic rings. The molecule has 0 spiro atoms. The van der Waals surface area contributed by atoms with Gasteiger partial charge in [0.05, 0.1) is 5.75 Å². The topological polar surface area (TPSA) is 63.4 Å². The lowest BCUT2D eigenvalue weighted by atomic mass is 10.1. The van der Waals surface area contributed by atoms with Gasteiger partial charge in [-0.1, -0.05) is 0 Å². The van der Waals surface area contributed by atoms with Gasteiger partial charge in [-0.2, -0.15) is 4.31 Å². The Balaban J connectivity index is 2.90. The first-order valence-electron chi connectivity index (χ1n) is 4.11. The largest absolute Gasteiger partial charge is 0.329 e. The van der Waals surface area contributed by atoms with Crippen LogP contribution in [0.15, 0.2) is 0 Å². The van der Waals surface area contributed by atoms with Crippen LogP contribution in [-0.4, -0.2) is 37.1 Å². The minimum Gasteiger partial charge on any atom is -0.329 e. The molecule has 1 fully saturated rings. The fourth-order valence-electron chi connectivity index (χ4n) is 1.42. The molecule has 0 amide bonds. The Kier molecular flexibility index (Phi) is 2.47. The van der Waals surface area contributed by atoms with E-state index >= 15 is 0 Å². The van der Waals surface area contributed by atoms with Crippen LogP contribution in [-0.2, 0) is 10.0 Å². The van der Waals surface area contributed by atoms with Crippen molar-refractivity contribution in [2.75, 3.05) is 18.8 Å². The van der Waals surface area contributed by atoms with Crippen molar-refractivity contribution in [2.24, 2.45) is 5.73 Å². The summed E-state index contributed by atoms with van der Waals surface area (Å²) in [6.07, 6.45) is 0.728. The third kappa shape index (κ3) is 1.62. The van der Waals surface area contributed by atoms with E-state index in [9.17, 15) is 8.42 Å². The second-order valence-corrected chi connectivity index (χ2v) is 5.77. The van der Waals surface area contributed by atoms with Gasteiger partial charge in [-0.3, -0.25) is 0 Å². The lowest BCUT2D eigenvalue weighted by Gasteiger charge is -2.32. The maximum Gasteiger partial charge on any atom is 0.214 e. The van der Waals surface area contributed by atoms with Crippen LogP contribution in [0.2, 0.25) is 0 Å². The molecule has 1 rings (SSSR count). The van der Waals surface area contributed by atoms with Gasteiger partial charge < -0.3 is 5.73 Å². The van der Waals surface area contributed by atoms with Gasteiger partial charge in [0.1, 0.15) is 0 Å². The molecule has 72 valence electrons. The number of sulfonamides is 1. The monoisotopic (exact) mass is 192 g/mol. The summed E-state index contributed by atoms with van der Waals surface area (Å²) in [5, 5.41) is 0. The zero-order valence-electron chi connectivity index (χ0n) is 7.58. The molecule has 2 N–H and O–H groups in total. The Hall–Kier alpha value is -0.130. The molecule has 0 aliphatic carbocycles. The maximum atomic E-state index is 11.4. The smallest absolute Gasteiger partial charge is 0.214 e. The number of hydrogen-bond donors (Lipinski definition) is 1. The highest BCUT2D eigenvalue weighted by Crippen LogP contribution is 2.23. The predicted molar refractivity (Wildman–Crippen MR) is 48.2 cm³/mol. The lowest BCUT2D eigenvalue weighted by Crippen LogP contribution is -2.49. The normalized spacial score (nSPS) is 24.6.